The highest BCUT2D eigenvalue weighted by Crippen LogP contribution is 2.39. The number of hydrogen-bond donors (Lipinski definition) is 0. The minimum atomic E-state index is 0.107. The van der Waals surface area contributed by atoms with Gasteiger partial charge in [-0.25, -0.2) is 4.68 Å². The molecule has 1 aromatic heterocycles. The molecule has 5 heteroatoms. The number of carbonyl (C=O) groups is 1. The quantitative estimate of drug-likeness (QED) is 0.739. The zero-order valence-corrected chi connectivity index (χ0v) is 14.0. The van der Waals surface area contributed by atoms with E-state index in [1.165, 1.54) is 12.8 Å². The summed E-state index contributed by atoms with van der Waals surface area (Å²) in [5.74, 6) is 0.723. The van der Waals surface area contributed by atoms with Crippen LogP contribution in [0.2, 0.25) is 0 Å². The fourth-order valence-corrected chi connectivity index (χ4v) is 3.68. The van der Waals surface area contributed by atoms with Crippen LogP contribution in [0.5, 0.6) is 0 Å². The molecule has 5 nitrogen and oxygen atoms in total. The lowest BCUT2D eigenvalue weighted by molar-refractivity contribution is 0.0787. The topological polar surface area (TPSA) is 51.0 Å². The van der Waals surface area contributed by atoms with Crippen molar-refractivity contribution in [1.29, 1.82) is 0 Å². The van der Waals surface area contributed by atoms with Gasteiger partial charge in [0.05, 0.1) is 11.7 Å². The second kappa shape index (κ2) is 5.69. The predicted molar refractivity (Wildman–Crippen MR) is 95.5 cm³/mol. The summed E-state index contributed by atoms with van der Waals surface area (Å²) in [5.41, 5.74) is 1.87. The molecule has 1 amide bonds. The molecule has 1 saturated heterocycles. The van der Waals surface area contributed by atoms with Crippen molar-refractivity contribution in [1.82, 2.24) is 19.9 Å². The van der Waals surface area contributed by atoms with Gasteiger partial charge in [0.15, 0.2) is 0 Å². The average molecular weight is 332 g/mol. The first-order valence-electron chi connectivity index (χ1n) is 8.98. The molecule has 1 aliphatic carbocycles. The van der Waals surface area contributed by atoms with Gasteiger partial charge in [-0.05, 0) is 42.2 Å². The third-order valence-corrected chi connectivity index (χ3v) is 5.34. The van der Waals surface area contributed by atoms with E-state index in [0.717, 1.165) is 35.0 Å². The molecule has 2 aliphatic rings. The molecular weight excluding hydrogens is 312 g/mol. The maximum Gasteiger partial charge on any atom is 0.253 e. The molecule has 5 rings (SSSR count). The van der Waals surface area contributed by atoms with E-state index in [2.05, 4.69) is 22.6 Å². The first-order valence-corrected chi connectivity index (χ1v) is 8.98. The van der Waals surface area contributed by atoms with Crippen molar-refractivity contribution in [3.8, 4) is 0 Å². The van der Waals surface area contributed by atoms with E-state index in [1.54, 1.807) is 0 Å². The van der Waals surface area contributed by atoms with E-state index in [1.807, 2.05) is 46.0 Å². The summed E-state index contributed by atoms with van der Waals surface area (Å²) in [5, 5.41) is 10.9. The second-order valence-electron chi connectivity index (χ2n) is 7.15. The average Bonchev–Trinajstić information content (AvgIpc) is 3.19. The number of hydrogen-bond acceptors (Lipinski definition) is 3. The third kappa shape index (κ3) is 2.69. The van der Waals surface area contributed by atoms with Crippen molar-refractivity contribution in [3.63, 3.8) is 0 Å². The van der Waals surface area contributed by atoms with Crippen molar-refractivity contribution in [3.05, 3.63) is 59.9 Å². The molecule has 25 heavy (non-hydrogen) atoms. The maximum absolute atomic E-state index is 12.9. The first kappa shape index (κ1) is 14.6. The normalized spacial score (nSPS) is 20.3. The Morgan fingerprint density at radius 1 is 1.04 bits per heavy atom. The molecule has 0 N–H and O–H groups in total. The summed E-state index contributed by atoms with van der Waals surface area (Å²) in [7, 11) is 0. The van der Waals surface area contributed by atoms with E-state index in [9.17, 15) is 4.79 Å². The minimum Gasteiger partial charge on any atom is -0.336 e. The lowest BCUT2D eigenvalue weighted by atomic mass is 10.1. The van der Waals surface area contributed by atoms with Crippen molar-refractivity contribution >= 4 is 16.7 Å². The highest BCUT2D eigenvalue weighted by Gasteiger charge is 2.31. The molecule has 1 saturated carbocycles. The summed E-state index contributed by atoms with van der Waals surface area (Å²) in [4.78, 5) is 14.8. The Morgan fingerprint density at radius 3 is 2.72 bits per heavy atom. The van der Waals surface area contributed by atoms with Crippen LogP contribution in [0.3, 0.4) is 0 Å². The Morgan fingerprint density at radius 2 is 1.88 bits per heavy atom. The Labute approximate surface area is 146 Å². The number of carbonyl (C=O) groups excluding carboxylic acids is 1. The lowest BCUT2D eigenvalue weighted by Crippen LogP contribution is -2.29. The molecule has 0 radical (unpaired) electrons. The van der Waals surface area contributed by atoms with Crippen molar-refractivity contribution in [2.75, 3.05) is 13.1 Å². The van der Waals surface area contributed by atoms with Gasteiger partial charge in [0.1, 0.15) is 0 Å². The van der Waals surface area contributed by atoms with E-state index >= 15 is 0 Å². The van der Waals surface area contributed by atoms with Gasteiger partial charge in [-0.1, -0.05) is 35.5 Å². The van der Waals surface area contributed by atoms with Crippen LogP contribution >= 0.6 is 0 Å². The molecule has 1 aliphatic heterocycles. The summed E-state index contributed by atoms with van der Waals surface area (Å²) < 4.78 is 1.96. The zero-order valence-electron chi connectivity index (χ0n) is 14.0. The summed E-state index contributed by atoms with van der Waals surface area (Å²) >= 11 is 0. The second-order valence-corrected chi connectivity index (χ2v) is 7.15. The van der Waals surface area contributed by atoms with Crippen LogP contribution in [0, 0.1) is 0 Å². The Balaban J connectivity index is 1.33. The highest BCUT2D eigenvalue weighted by atomic mass is 16.2. The van der Waals surface area contributed by atoms with Gasteiger partial charge in [0.2, 0.25) is 0 Å². The van der Waals surface area contributed by atoms with Gasteiger partial charge < -0.3 is 4.90 Å². The van der Waals surface area contributed by atoms with E-state index in [0.29, 0.717) is 12.5 Å². The van der Waals surface area contributed by atoms with Crippen LogP contribution in [0.25, 0.3) is 10.8 Å². The SMILES string of the molecule is O=C(c1ccc2ccccc2c1)N1CCC(n2cc(C3CC3)nn2)C1. The van der Waals surface area contributed by atoms with Crippen LogP contribution in [0.4, 0.5) is 0 Å². The van der Waals surface area contributed by atoms with Gasteiger partial charge in [-0.3, -0.25) is 4.79 Å². The van der Waals surface area contributed by atoms with Gasteiger partial charge in [0, 0.05) is 30.8 Å². The van der Waals surface area contributed by atoms with Gasteiger partial charge in [-0.15, -0.1) is 5.10 Å². The van der Waals surface area contributed by atoms with Gasteiger partial charge in [-0.2, -0.15) is 0 Å². The number of benzene rings is 2. The number of rotatable bonds is 3. The monoisotopic (exact) mass is 332 g/mol. The van der Waals surface area contributed by atoms with Crippen molar-refractivity contribution in [2.45, 2.75) is 31.2 Å². The van der Waals surface area contributed by atoms with E-state index in [-0.39, 0.29) is 11.9 Å². The number of nitrogens with zero attached hydrogens (tertiary/aromatic N) is 4. The predicted octanol–water partition coefficient (Wildman–Crippen LogP) is 3.40. The molecule has 2 heterocycles. The third-order valence-electron chi connectivity index (χ3n) is 5.34. The fraction of sp³-hybridized carbons (Fsp3) is 0.350. The molecule has 0 bridgehead atoms. The first-order chi connectivity index (χ1) is 12.3. The molecule has 0 spiro atoms. The number of aromatic nitrogens is 3. The number of likely N-dealkylation sites (tertiary alicyclic amines) is 1. The number of amides is 1. The van der Waals surface area contributed by atoms with Crippen LogP contribution in [0.1, 0.15) is 47.3 Å². The van der Waals surface area contributed by atoms with Crippen LogP contribution in [0.15, 0.2) is 48.7 Å². The number of fused-ring (bicyclic) bond motifs is 1. The van der Waals surface area contributed by atoms with Crippen LogP contribution < -0.4 is 0 Å². The summed E-state index contributed by atoms with van der Waals surface area (Å²) in [6, 6.07) is 14.3. The molecule has 1 unspecified atom stereocenters. The van der Waals surface area contributed by atoms with E-state index in [4.69, 9.17) is 0 Å². The largest absolute Gasteiger partial charge is 0.336 e. The van der Waals surface area contributed by atoms with Crippen molar-refractivity contribution in [2.24, 2.45) is 0 Å². The molecule has 3 aromatic rings. The standard InChI is InChI=1S/C20H20N4O/c25-20(17-8-5-14-3-1-2-4-16(14)11-17)23-10-9-18(12-23)24-13-19(21-22-24)15-6-7-15/h1-5,8,11,13,15,18H,6-7,9-10,12H2. The summed E-state index contributed by atoms with van der Waals surface area (Å²) in [6.07, 6.45) is 5.48. The lowest BCUT2D eigenvalue weighted by Gasteiger charge is -2.17. The highest BCUT2D eigenvalue weighted by molar-refractivity contribution is 5.98. The molecule has 1 atom stereocenters. The Kier molecular flexibility index (Phi) is 3.33. The minimum absolute atomic E-state index is 0.107. The molecule has 2 aromatic carbocycles. The zero-order chi connectivity index (χ0) is 16.8. The Hall–Kier alpha value is -2.69. The van der Waals surface area contributed by atoms with Crippen LogP contribution in [-0.2, 0) is 0 Å². The molecule has 126 valence electrons. The van der Waals surface area contributed by atoms with Gasteiger partial charge in [0.25, 0.3) is 5.91 Å². The summed E-state index contributed by atoms with van der Waals surface area (Å²) in [6.45, 7) is 1.48. The van der Waals surface area contributed by atoms with Crippen LogP contribution in [-0.4, -0.2) is 38.9 Å². The Bertz CT molecular complexity index is 944. The fourth-order valence-electron chi connectivity index (χ4n) is 3.68. The van der Waals surface area contributed by atoms with Gasteiger partial charge >= 0.3 is 0 Å². The molecule has 2 fully saturated rings. The van der Waals surface area contributed by atoms with E-state index < -0.39 is 0 Å². The van der Waals surface area contributed by atoms with Crippen molar-refractivity contribution < 1.29 is 4.79 Å². The maximum atomic E-state index is 12.9. The molecular formula is C20H20N4O. The smallest absolute Gasteiger partial charge is 0.253 e.